The van der Waals surface area contributed by atoms with E-state index in [9.17, 15) is 9.59 Å². The number of hydrogen-bond donors (Lipinski definition) is 1. The van der Waals surface area contributed by atoms with Crippen LogP contribution < -0.4 is 10.9 Å². The standard InChI is InChI=1S/C21H23N3O3/c1-13-9-24(3)21(26)18-15(10-23(2)19(13)18)20(25)22-17-12-27-11-16(17)14-7-5-4-6-8-14/h4-10,16-17H,11-12H2,1-3H3,(H,22,25)/t16-,17?/m0/s1. The third-order valence-corrected chi connectivity index (χ3v) is 5.35. The van der Waals surface area contributed by atoms with Crippen molar-refractivity contribution in [3.63, 3.8) is 0 Å². The second kappa shape index (κ2) is 6.70. The molecule has 1 amide bonds. The molecule has 0 saturated carbocycles. The van der Waals surface area contributed by atoms with Gasteiger partial charge in [-0.2, -0.15) is 0 Å². The van der Waals surface area contributed by atoms with Gasteiger partial charge in [0.2, 0.25) is 0 Å². The Hall–Kier alpha value is -2.86. The minimum Gasteiger partial charge on any atom is -0.379 e. The maximum atomic E-state index is 13.1. The van der Waals surface area contributed by atoms with Crippen LogP contribution in [-0.2, 0) is 18.8 Å². The summed E-state index contributed by atoms with van der Waals surface area (Å²) in [7, 11) is 3.57. The van der Waals surface area contributed by atoms with Crippen molar-refractivity contribution in [3.05, 3.63) is 69.8 Å². The number of pyridine rings is 1. The number of benzene rings is 1. The van der Waals surface area contributed by atoms with Gasteiger partial charge in [-0.05, 0) is 18.1 Å². The van der Waals surface area contributed by atoms with Gasteiger partial charge < -0.3 is 19.2 Å². The summed E-state index contributed by atoms with van der Waals surface area (Å²) < 4.78 is 9.01. The smallest absolute Gasteiger partial charge is 0.260 e. The molecule has 0 radical (unpaired) electrons. The van der Waals surface area contributed by atoms with Gasteiger partial charge in [0.05, 0.1) is 35.7 Å². The van der Waals surface area contributed by atoms with Crippen LogP contribution in [0.5, 0.6) is 0 Å². The van der Waals surface area contributed by atoms with E-state index in [2.05, 4.69) is 17.4 Å². The molecule has 1 aliphatic heterocycles. The van der Waals surface area contributed by atoms with E-state index in [-0.39, 0.29) is 23.4 Å². The summed E-state index contributed by atoms with van der Waals surface area (Å²) in [6, 6.07) is 9.93. The van der Waals surface area contributed by atoms with E-state index in [0.29, 0.717) is 24.2 Å². The van der Waals surface area contributed by atoms with Crippen LogP contribution in [0.15, 0.2) is 47.5 Å². The lowest BCUT2D eigenvalue weighted by molar-refractivity contribution is 0.0929. The first-order valence-electron chi connectivity index (χ1n) is 9.06. The molecule has 1 N–H and O–H groups in total. The third-order valence-electron chi connectivity index (χ3n) is 5.35. The molecule has 27 heavy (non-hydrogen) atoms. The van der Waals surface area contributed by atoms with Crippen molar-refractivity contribution < 1.29 is 9.53 Å². The Bertz CT molecular complexity index is 1070. The summed E-state index contributed by atoms with van der Waals surface area (Å²) in [5.74, 6) is -0.130. The molecule has 1 saturated heterocycles. The number of carbonyl (C=O) groups is 1. The second-order valence-corrected chi connectivity index (χ2v) is 7.24. The van der Waals surface area contributed by atoms with Crippen molar-refractivity contribution >= 4 is 16.8 Å². The molecule has 1 aliphatic rings. The molecular formula is C21H23N3O3. The van der Waals surface area contributed by atoms with Crippen LogP contribution in [0.25, 0.3) is 10.9 Å². The fourth-order valence-electron chi connectivity index (χ4n) is 4.05. The molecule has 2 atom stereocenters. The maximum absolute atomic E-state index is 13.1. The van der Waals surface area contributed by atoms with Crippen LogP contribution in [0.3, 0.4) is 0 Å². The summed E-state index contributed by atoms with van der Waals surface area (Å²) in [5, 5.41) is 3.56. The van der Waals surface area contributed by atoms with E-state index in [4.69, 9.17) is 4.74 Å². The van der Waals surface area contributed by atoms with Crippen molar-refractivity contribution in [1.82, 2.24) is 14.5 Å². The minimum atomic E-state index is -0.236. The highest BCUT2D eigenvalue weighted by atomic mass is 16.5. The normalized spacial score (nSPS) is 19.5. The van der Waals surface area contributed by atoms with Crippen LogP contribution >= 0.6 is 0 Å². The first-order chi connectivity index (χ1) is 13.0. The van der Waals surface area contributed by atoms with E-state index in [0.717, 1.165) is 16.6 Å². The molecule has 0 bridgehead atoms. The zero-order valence-electron chi connectivity index (χ0n) is 15.7. The Morgan fingerprint density at radius 3 is 2.59 bits per heavy atom. The van der Waals surface area contributed by atoms with E-state index in [1.54, 1.807) is 19.4 Å². The molecule has 1 fully saturated rings. The Morgan fingerprint density at radius 1 is 1.11 bits per heavy atom. The molecule has 3 aromatic rings. The number of rotatable bonds is 3. The lowest BCUT2D eigenvalue weighted by Crippen LogP contribution is -2.39. The quantitative estimate of drug-likeness (QED) is 0.773. The molecule has 140 valence electrons. The highest BCUT2D eigenvalue weighted by Gasteiger charge is 2.32. The molecule has 1 aromatic carbocycles. The van der Waals surface area contributed by atoms with Gasteiger partial charge in [-0.1, -0.05) is 30.3 Å². The van der Waals surface area contributed by atoms with Gasteiger partial charge in [0.15, 0.2) is 0 Å². The van der Waals surface area contributed by atoms with Crippen molar-refractivity contribution in [3.8, 4) is 0 Å². The van der Waals surface area contributed by atoms with Crippen molar-refractivity contribution in [2.45, 2.75) is 18.9 Å². The molecule has 3 heterocycles. The third kappa shape index (κ3) is 2.96. The largest absolute Gasteiger partial charge is 0.379 e. The average Bonchev–Trinajstić information content (AvgIpc) is 3.25. The van der Waals surface area contributed by atoms with Crippen LogP contribution in [0.4, 0.5) is 0 Å². The van der Waals surface area contributed by atoms with Crippen LogP contribution in [0.2, 0.25) is 0 Å². The molecule has 0 spiro atoms. The summed E-state index contributed by atoms with van der Waals surface area (Å²) in [6.45, 7) is 2.98. The van der Waals surface area contributed by atoms with E-state index >= 15 is 0 Å². The number of nitrogens with zero attached hydrogens (tertiary/aromatic N) is 2. The number of ether oxygens (including phenoxy) is 1. The van der Waals surface area contributed by atoms with Crippen molar-refractivity contribution in [2.24, 2.45) is 14.1 Å². The monoisotopic (exact) mass is 365 g/mol. The maximum Gasteiger partial charge on any atom is 0.260 e. The summed E-state index contributed by atoms with van der Waals surface area (Å²) in [6.07, 6.45) is 3.53. The van der Waals surface area contributed by atoms with Gasteiger partial charge in [-0.15, -0.1) is 0 Å². The number of aryl methyl sites for hydroxylation is 3. The fourth-order valence-corrected chi connectivity index (χ4v) is 4.05. The van der Waals surface area contributed by atoms with Crippen LogP contribution in [0.1, 0.15) is 27.4 Å². The summed E-state index contributed by atoms with van der Waals surface area (Å²) in [5.41, 5.74) is 3.15. The van der Waals surface area contributed by atoms with E-state index in [1.807, 2.05) is 36.7 Å². The van der Waals surface area contributed by atoms with Crippen molar-refractivity contribution in [2.75, 3.05) is 13.2 Å². The van der Waals surface area contributed by atoms with E-state index in [1.165, 1.54) is 4.57 Å². The highest BCUT2D eigenvalue weighted by Crippen LogP contribution is 2.27. The number of nitrogens with one attached hydrogen (secondary N) is 1. The topological polar surface area (TPSA) is 65.3 Å². The first kappa shape index (κ1) is 17.5. The number of fused-ring (bicyclic) bond motifs is 1. The van der Waals surface area contributed by atoms with Gasteiger partial charge in [0, 0.05) is 32.4 Å². The molecule has 1 unspecified atom stereocenters. The first-order valence-corrected chi connectivity index (χ1v) is 9.06. The van der Waals surface area contributed by atoms with Gasteiger partial charge >= 0.3 is 0 Å². The highest BCUT2D eigenvalue weighted by molar-refractivity contribution is 6.07. The molecule has 2 aromatic heterocycles. The van der Waals surface area contributed by atoms with Gasteiger partial charge in [-0.3, -0.25) is 9.59 Å². The molecule has 0 aliphatic carbocycles. The van der Waals surface area contributed by atoms with Gasteiger partial charge in [0.1, 0.15) is 0 Å². The Balaban J connectivity index is 1.69. The number of carbonyl (C=O) groups excluding carboxylic acids is 1. The Kier molecular flexibility index (Phi) is 4.36. The van der Waals surface area contributed by atoms with Crippen molar-refractivity contribution in [1.29, 1.82) is 0 Å². The number of amides is 1. The second-order valence-electron chi connectivity index (χ2n) is 7.24. The van der Waals surface area contributed by atoms with E-state index < -0.39 is 0 Å². The molecule has 6 heteroatoms. The predicted molar refractivity (Wildman–Crippen MR) is 104 cm³/mol. The molecule has 6 nitrogen and oxygen atoms in total. The van der Waals surface area contributed by atoms with Gasteiger partial charge in [-0.25, -0.2) is 0 Å². The summed E-state index contributed by atoms with van der Waals surface area (Å²) >= 11 is 0. The SMILES string of the molecule is Cc1cn(C)c(=O)c2c(C(=O)NC3COC[C@H]3c3ccccc3)cn(C)c12. The fraction of sp³-hybridized carbons (Fsp3) is 0.333. The lowest BCUT2D eigenvalue weighted by atomic mass is 9.94. The van der Waals surface area contributed by atoms with Crippen LogP contribution in [-0.4, -0.2) is 34.3 Å². The Morgan fingerprint density at radius 2 is 1.85 bits per heavy atom. The minimum absolute atomic E-state index is 0.106. The average molecular weight is 365 g/mol. The predicted octanol–water partition coefficient (Wildman–Crippen LogP) is 2.10. The van der Waals surface area contributed by atoms with Gasteiger partial charge in [0.25, 0.3) is 11.5 Å². The Labute approximate surface area is 157 Å². The molecule has 4 rings (SSSR count). The number of hydrogen-bond acceptors (Lipinski definition) is 3. The summed E-state index contributed by atoms with van der Waals surface area (Å²) in [4.78, 5) is 25.7. The molecular weight excluding hydrogens is 342 g/mol. The van der Waals surface area contributed by atoms with Crippen LogP contribution in [0, 0.1) is 6.92 Å². The number of aromatic nitrogens is 2. The zero-order valence-corrected chi connectivity index (χ0v) is 15.7. The zero-order chi connectivity index (χ0) is 19.1. The lowest BCUT2D eigenvalue weighted by Gasteiger charge is -2.19.